The lowest BCUT2D eigenvalue weighted by Gasteiger charge is -2.32. The quantitative estimate of drug-likeness (QED) is 0.603. The summed E-state index contributed by atoms with van der Waals surface area (Å²) in [6.45, 7) is 2.43. The van der Waals surface area contributed by atoms with Crippen LogP contribution in [0.15, 0.2) is 18.5 Å². The van der Waals surface area contributed by atoms with Crippen molar-refractivity contribution in [3.63, 3.8) is 0 Å². The maximum absolute atomic E-state index is 11.0. The van der Waals surface area contributed by atoms with Crippen LogP contribution in [0.1, 0.15) is 12.8 Å². The molecule has 1 fully saturated rings. The van der Waals surface area contributed by atoms with Gasteiger partial charge in [-0.15, -0.1) is 0 Å². The number of nitro groups is 1. The monoisotopic (exact) mass is 251 g/mol. The summed E-state index contributed by atoms with van der Waals surface area (Å²) in [7, 11) is 1.71. The Bertz CT molecular complexity index is 417. The van der Waals surface area contributed by atoms with Crippen molar-refractivity contribution < 1.29 is 9.66 Å². The number of nitrogens with zero attached hydrogens (tertiary/aromatic N) is 3. The number of pyridine rings is 1. The van der Waals surface area contributed by atoms with Crippen molar-refractivity contribution in [2.24, 2.45) is 5.92 Å². The number of rotatable bonds is 4. The van der Waals surface area contributed by atoms with E-state index in [9.17, 15) is 10.1 Å². The van der Waals surface area contributed by atoms with Crippen molar-refractivity contribution in [1.29, 1.82) is 0 Å². The summed E-state index contributed by atoms with van der Waals surface area (Å²) < 4.78 is 5.15. The van der Waals surface area contributed by atoms with Crippen molar-refractivity contribution >= 4 is 11.4 Å². The Balaban J connectivity index is 2.07. The second-order valence-electron chi connectivity index (χ2n) is 4.51. The van der Waals surface area contributed by atoms with Crippen molar-refractivity contribution in [3.05, 3.63) is 28.6 Å². The van der Waals surface area contributed by atoms with Crippen molar-refractivity contribution in [2.75, 3.05) is 31.7 Å². The van der Waals surface area contributed by atoms with E-state index in [-0.39, 0.29) is 10.6 Å². The van der Waals surface area contributed by atoms with Gasteiger partial charge in [-0.25, -0.2) is 0 Å². The molecule has 98 valence electrons. The molecule has 0 unspecified atom stereocenters. The van der Waals surface area contributed by atoms with Gasteiger partial charge in [-0.2, -0.15) is 0 Å². The third-order valence-corrected chi connectivity index (χ3v) is 3.33. The molecule has 2 rings (SSSR count). The van der Waals surface area contributed by atoms with E-state index >= 15 is 0 Å². The molecule has 0 atom stereocenters. The third kappa shape index (κ3) is 2.76. The summed E-state index contributed by atoms with van der Waals surface area (Å²) >= 11 is 0. The molecule has 18 heavy (non-hydrogen) atoms. The molecule has 1 aliphatic heterocycles. The summed E-state index contributed by atoms with van der Waals surface area (Å²) in [4.78, 5) is 16.5. The van der Waals surface area contributed by atoms with Crippen LogP contribution >= 0.6 is 0 Å². The van der Waals surface area contributed by atoms with Crippen LogP contribution in [0.25, 0.3) is 0 Å². The van der Waals surface area contributed by atoms with Crippen molar-refractivity contribution in [1.82, 2.24) is 4.98 Å². The molecule has 0 saturated carbocycles. The standard InChI is InChI=1S/C12H17N3O3/c1-18-9-10-3-6-14(7-4-10)11-2-5-13-8-12(11)15(16)17/h2,5,8,10H,3-4,6-7,9H2,1H3. The van der Waals surface area contributed by atoms with Crippen LogP contribution < -0.4 is 4.90 Å². The van der Waals surface area contributed by atoms with Crippen LogP contribution in [0, 0.1) is 16.0 Å². The first-order valence-corrected chi connectivity index (χ1v) is 6.04. The Kier molecular flexibility index (Phi) is 4.09. The van der Waals surface area contributed by atoms with Crippen molar-refractivity contribution in [3.8, 4) is 0 Å². The average Bonchev–Trinajstić information content (AvgIpc) is 2.40. The third-order valence-electron chi connectivity index (χ3n) is 3.33. The van der Waals surface area contributed by atoms with Gasteiger partial charge in [0.05, 0.1) is 4.92 Å². The Morgan fingerprint density at radius 2 is 2.28 bits per heavy atom. The number of hydrogen-bond donors (Lipinski definition) is 0. The van der Waals surface area contributed by atoms with Crippen LogP contribution in [-0.4, -0.2) is 36.7 Å². The largest absolute Gasteiger partial charge is 0.384 e. The molecule has 6 nitrogen and oxygen atoms in total. The van der Waals surface area contributed by atoms with Gasteiger partial charge in [0.15, 0.2) is 0 Å². The van der Waals surface area contributed by atoms with Crippen molar-refractivity contribution in [2.45, 2.75) is 12.8 Å². The van der Waals surface area contributed by atoms with E-state index in [0.717, 1.165) is 32.5 Å². The number of ether oxygens (including phenoxy) is 1. The molecular weight excluding hydrogens is 234 g/mol. The summed E-state index contributed by atoms with van der Waals surface area (Å²) in [6, 6.07) is 1.72. The molecule has 0 aliphatic carbocycles. The molecule has 1 aromatic heterocycles. The maximum Gasteiger partial charge on any atom is 0.310 e. The van der Waals surface area contributed by atoms with Gasteiger partial charge in [0.2, 0.25) is 0 Å². The van der Waals surface area contributed by atoms with Crippen LogP contribution in [0.3, 0.4) is 0 Å². The molecule has 6 heteroatoms. The molecule has 0 amide bonds. The maximum atomic E-state index is 11.0. The summed E-state index contributed by atoms with van der Waals surface area (Å²) in [6.07, 6.45) is 4.93. The van der Waals surface area contributed by atoms with E-state index in [1.54, 1.807) is 19.4 Å². The highest BCUT2D eigenvalue weighted by molar-refractivity contribution is 5.61. The summed E-state index contributed by atoms with van der Waals surface area (Å²) in [5, 5.41) is 11.0. The van der Waals surface area contributed by atoms with E-state index in [1.807, 2.05) is 0 Å². The Morgan fingerprint density at radius 1 is 1.56 bits per heavy atom. The Morgan fingerprint density at radius 3 is 2.89 bits per heavy atom. The predicted octanol–water partition coefficient (Wildman–Crippen LogP) is 1.85. The number of aromatic nitrogens is 1. The molecule has 1 aromatic rings. The molecule has 1 aliphatic rings. The lowest BCUT2D eigenvalue weighted by Crippen LogP contribution is -2.35. The van der Waals surface area contributed by atoms with Crippen LogP contribution in [0.5, 0.6) is 0 Å². The average molecular weight is 251 g/mol. The second kappa shape index (κ2) is 5.77. The van der Waals surface area contributed by atoms with E-state index < -0.39 is 0 Å². The minimum Gasteiger partial charge on any atom is -0.384 e. The molecule has 2 heterocycles. The predicted molar refractivity (Wildman–Crippen MR) is 67.7 cm³/mol. The summed E-state index contributed by atoms with van der Waals surface area (Å²) in [5.41, 5.74) is 0.758. The minimum absolute atomic E-state index is 0.0858. The van der Waals surface area contributed by atoms with Gasteiger partial charge >= 0.3 is 5.69 Å². The Hall–Kier alpha value is -1.69. The fourth-order valence-electron chi connectivity index (χ4n) is 2.36. The SMILES string of the molecule is COCC1CCN(c2ccncc2[N+](=O)[O-])CC1. The van der Waals surface area contributed by atoms with Gasteiger partial charge in [0, 0.05) is 33.0 Å². The van der Waals surface area contributed by atoms with E-state index in [1.165, 1.54) is 6.20 Å². The van der Waals surface area contributed by atoms with Crippen LogP contribution in [-0.2, 0) is 4.74 Å². The fourth-order valence-corrected chi connectivity index (χ4v) is 2.36. The molecule has 0 spiro atoms. The number of methoxy groups -OCH3 is 1. The topological polar surface area (TPSA) is 68.5 Å². The molecular formula is C12H17N3O3. The van der Waals surface area contributed by atoms with Gasteiger partial charge in [-0.3, -0.25) is 15.1 Å². The molecule has 0 bridgehead atoms. The number of hydrogen-bond acceptors (Lipinski definition) is 5. The number of anilines is 1. The highest BCUT2D eigenvalue weighted by Gasteiger charge is 2.24. The summed E-state index contributed by atoms with van der Waals surface area (Å²) in [5.74, 6) is 0.562. The fraction of sp³-hybridized carbons (Fsp3) is 0.583. The first-order chi connectivity index (χ1) is 8.72. The highest BCUT2D eigenvalue weighted by Crippen LogP contribution is 2.30. The minimum atomic E-state index is -0.371. The number of piperidine rings is 1. The lowest BCUT2D eigenvalue weighted by molar-refractivity contribution is -0.384. The molecule has 0 radical (unpaired) electrons. The second-order valence-corrected chi connectivity index (χ2v) is 4.51. The van der Waals surface area contributed by atoms with E-state index in [2.05, 4.69) is 9.88 Å². The van der Waals surface area contributed by atoms with Crippen LogP contribution in [0.2, 0.25) is 0 Å². The van der Waals surface area contributed by atoms with Gasteiger partial charge < -0.3 is 9.64 Å². The zero-order valence-electron chi connectivity index (χ0n) is 10.4. The zero-order chi connectivity index (χ0) is 13.0. The van der Waals surface area contributed by atoms with Gasteiger partial charge in [-0.05, 0) is 24.8 Å². The first kappa shape index (κ1) is 12.8. The Labute approximate surface area is 106 Å². The normalized spacial score (nSPS) is 16.8. The first-order valence-electron chi connectivity index (χ1n) is 6.04. The molecule has 0 aromatic carbocycles. The zero-order valence-corrected chi connectivity index (χ0v) is 10.4. The van der Waals surface area contributed by atoms with Gasteiger partial charge in [0.25, 0.3) is 0 Å². The van der Waals surface area contributed by atoms with Gasteiger partial charge in [-0.1, -0.05) is 0 Å². The van der Waals surface area contributed by atoms with E-state index in [4.69, 9.17) is 4.74 Å². The smallest absolute Gasteiger partial charge is 0.310 e. The molecule has 0 N–H and O–H groups in total. The van der Waals surface area contributed by atoms with E-state index in [0.29, 0.717) is 11.6 Å². The highest BCUT2D eigenvalue weighted by atomic mass is 16.6. The lowest BCUT2D eigenvalue weighted by atomic mass is 9.97. The molecule has 1 saturated heterocycles. The van der Waals surface area contributed by atoms with Gasteiger partial charge in [0.1, 0.15) is 11.9 Å². The van der Waals surface area contributed by atoms with Crippen LogP contribution in [0.4, 0.5) is 11.4 Å².